The van der Waals surface area contributed by atoms with E-state index in [1.54, 1.807) is 0 Å². The zero-order chi connectivity index (χ0) is 57.9. The van der Waals surface area contributed by atoms with Gasteiger partial charge in [-0.3, -0.25) is 4.98 Å². The van der Waals surface area contributed by atoms with Gasteiger partial charge in [-0.2, -0.15) is 0 Å². The quantitative estimate of drug-likeness (QED) is 0.162. The first kappa shape index (κ1) is 51.5. The number of benzene rings is 8. The van der Waals surface area contributed by atoms with Gasteiger partial charge in [0, 0.05) is 66.8 Å². The lowest BCUT2D eigenvalue weighted by Gasteiger charge is -2.47. The molecule has 0 N–H and O–H groups in total. The summed E-state index contributed by atoms with van der Waals surface area (Å²) < 4.78 is 9.69. The number of hydrogen-bond acceptors (Lipinski definition) is 5. The molecule has 0 bridgehead atoms. The number of rotatable bonds is 2. The van der Waals surface area contributed by atoms with Crippen molar-refractivity contribution in [1.29, 1.82) is 0 Å². The van der Waals surface area contributed by atoms with E-state index in [4.69, 9.17) is 9.40 Å². The molecule has 0 radical (unpaired) electrons. The fourth-order valence-electron chi connectivity index (χ4n) is 15.6. The molecule has 0 saturated carbocycles. The summed E-state index contributed by atoms with van der Waals surface area (Å²) in [4.78, 5) is 10.2. The van der Waals surface area contributed by atoms with Crippen LogP contribution in [-0.4, -0.2) is 11.7 Å². The van der Waals surface area contributed by atoms with Crippen molar-refractivity contribution in [3.63, 3.8) is 0 Å². The molecule has 0 fully saturated rings. The SMILES string of the molecule is Cc1cc2c(o1)C1(c3cnccc3-2)c2ccccc2C2(c3ccccc3-c3cc4c5c(sc4cc32)B2c3ccc(C(C)(C)C)cc3N(c3ccc(C(C)(C)C)cc3)c3cc(C(C)(C)C)cc(c32)N5c2ccc(C(C)(C)C)cc2)c2ccccc21. The lowest BCUT2D eigenvalue weighted by atomic mass is 9.36. The third-order valence-corrected chi connectivity index (χ3v) is 20.9. The van der Waals surface area contributed by atoms with Gasteiger partial charge in [-0.15, -0.1) is 11.3 Å². The molecule has 5 heterocycles. The zero-order valence-corrected chi connectivity index (χ0v) is 51.4. The molecule has 0 atom stereocenters. The largest absolute Gasteiger partial charge is 0.464 e. The van der Waals surface area contributed by atoms with Crippen molar-refractivity contribution in [2.45, 2.75) is 122 Å². The summed E-state index contributed by atoms with van der Waals surface area (Å²) >= 11 is 2.00. The predicted molar refractivity (Wildman–Crippen MR) is 354 cm³/mol. The second-order valence-electron chi connectivity index (χ2n) is 28.8. The molecule has 3 aliphatic carbocycles. The van der Waals surface area contributed by atoms with E-state index in [1.165, 1.54) is 138 Å². The van der Waals surface area contributed by atoms with E-state index >= 15 is 0 Å². The number of aromatic nitrogens is 1. The molecule has 5 aliphatic rings. The third kappa shape index (κ3) is 6.75. The summed E-state index contributed by atoms with van der Waals surface area (Å²) in [5, 5.41) is 1.28. The van der Waals surface area contributed by atoms with Crippen LogP contribution >= 0.6 is 11.3 Å². The van der Waals surface area contributed by atoms with Crippen LogP contribution in [-0.2, 0) is 32.5 Å². The number of hydrogen-bond donors (Lipinski definition) is 0. The Morgan fingerprint density at radius 3 is 1.55 bits per heavy atom. The van der Waals surface area contributed by atoms with E-state index in [0.29, 0.717) is 0 Å². The van der Waals surface area contributed by atoms with Gasteiger partial charge < -0.3 is 14.2 Å². The summed E-state index contributed by atoms with van der Waals surface area (Å²) in [5.74, 6) is 1.90. The van der Waals surface area contributed by atoms with Gasteiger partial charge in [-0.25, -0.2) is 0 Å². The molecule has 3 aromatic heterocycles. The summed E-state index contributed by atoms with van der Waals surface area (Å²) in [6.45, 7) is 30.1. The first-order chi connectivity index (χ1) is 40.1. The normalized spacial score (nSPS) is 17.8. The van der Waals surface area contributed by atoms with Crippen molar-refractivity contribution in [3.05, 3.63) is 261 Å². The summed E-state index contributed by atoms with van der Waals surface area (Å²) in [6, 6.07) is 69.1. The monoisotopic (exact) mass is 1110 g/mol. The maximum atomic E-state index is 7.03. The average molecular weight is 1110 g/mol. The van der Waals surface area contributed by atoms with Crippen LogP contribution in [0.2, 0.25) is 0 Å². The summed E-state index contributed by atoms with van der Waals surface area (Å²) in [6.07, 6.45) is 4.04. The minimum Gasteiger partial charge on any atom is -0.464 e. The van der Waals surface area contributed by atoms with Crippen LogP contribution in [0.15, 0.2) is 193 Å². The highest BCUT2D eigenvalue weighted by atomic mass is 32.1. The Morgan fingerprint density at radius 1 is 0.440 bits per heavy atom. The molecule has 84 heavy (non-hydrogen) atoms. The molecule has 2 spiro atoms. The van der Waals surface area contributed by atoms with Gasteiger partial charge in [0.15, 0.2) is 0 Å². The van der Waals surface area contributed by atoms with Crippen molar-refractivity contribution in [2.24, 2.45) is 0 Å². The Kier molecular flexibility index (Phi) is 10.4. The minimum atomic E-state index is -0.711. The van der Waals surface area contributed by atoms with Crippen LogP contribution in [0.3, 0.4) is 0 Å². The number of fused-ring (bicyclic) bond motifs is 22. The van der Waals surface area contributed by atoms with Crippen LogP contribution in [0, 0.1) is 6.92 Å². The fraction of sp³-hybridized carbons (Fsp3) is 0.244. The first-order valence-corrected chi connectivity index (χ1v) is 31.0. The summed E-state index contributed by atoms with van der Waals surface area (Å²) in [5.41, 5.74) is 27.5. The van der Waals surface area contributed by atoms with Crippen LogP contribution in [0.1, 0.15) is 156 Å². The highest BCUT2D eigenvalue weighted by molar-refractivity contribution is 7.33. The molecule has 2 aliphatic heterocycles. The van der Waals surface area contributed by atoms with E-state index < -0.39 is 10.8 Å². The minimum absolute atomic E-state index is 0.00708. The molecular weight excluding hydrogens is 1040 g/mol. The number of anilines is 6. The van der Waals surface area contributed by atoms with Crippen LogP contribution < -0.4 is 25.5 Å². The van der Waals surface area contributed by atoms with Crippen LogP contribution in [0.5, 0.6) is 0 Å². The first-order valence-electron chi connectivity index (χ1n) is 30.2. The van der Waals surface area contributed by atoms with Crippen molar-refractivity contribution in [2.75, 3.05) is 9.80 Å². The fourth-order valence-corrected chi connectivity index (χ4v) is 17.0. The van der Waals surface area contributed by atoms with E-state index in [0.717, 1.165) is 17.1 Å². The maximum Gasteiger partial charge on any atom is 0.264 e. The standard InChI is InChI=1S/C78H70BN3OS/c1-45-38-55-53-36-37-80-44-63(53)78(71(55)83-45)60-24-18-16-22-58(60)77(59-23-17-19-25-61(59)78)57-21-15-14-20-52(57)54-42-56-68(43-62(54)77)84-72-70(56)82(51-33-28-47(29-34-51)74(5,6)7)67-41-49(76(11,12)13)40-66-69(67)79(72)64-35-30-48(75(8,9)10)39-65(64)81(66)50-31-26-46(27-32-50)73(2,3)4/h14-44H,1-13H3. The molecule has 11 aromatic rings. The number of nitrogens with zero attached hydrogens (tertiary/aromatic N) is 3. The molecule has 0 saturated heterocycles. The van der Waals surface area contributed by atoms with Gasteiger partial charge in [0.05, 0.1) is 11.1 Å². The third-order valence-electron chi connectivity index (χ3n) is 19.7. The van der Waals surface area contributed by atoms with E-state index in [9.17, 15) is 0 Å². The van der Waals surface area contributed by atoms with Crippen LogP contribution in [0.4, 0.5) is 34.1 Å². The highest BCUT2D eigenvalue weighted by Crippen LogP contribution is 2.68. The van der Waals surface area contributed by atoms with Crippen molar-refractivity contribution < 1.29 is 4.42 Å². The van der Waals surface area contributed by atoms with Gasteiger partial charge in [0.25, 0.3) is 6.71 Å². The van der Waals surface area contributed by atoms with Crippen molar-refractivity contribution >= 4 is 78.0 Å². The van der Waals surface area contributed by atoms with Gasteiger partial charge in [0.2, 0.25) is 0 Å². The maximum absolute atomic E-state index is 7.03. The molecule has 0 amide bonds. The zero-order valence-electron chi connectivity index (χ0n) is 50.6. The Balaban J connectivity index is 1.01. The highest BCUT2D eigenvalue weighted by Gasteiger charge is 2.61. The Labute approximate surface area is 500 Å². The number of pyridine rings is 1. The van der Waals surface area contributed by atoms with E-state index in [-0.39, 0.29) is 28.4 Å². The van der Waals surface area contributed by atoms with Gasteiger partial charge in [0.1, 0.15) is 16.9 Å². The van der Waals surface area contributed by atoms with E-state index in [2.05, 4.69) is 282 Å². The number of aryl methyl sites for hydroxylation is 1. The Hall–Kier alpha value is -8.19. The Morgan fingerprint density at radius 2 is 0.952 bits per heavy atom. The lowest BCUT2D eigenvalue weighted by Crippen LogP contribution is -2.60. The number of thiophene rings is 1. The molecule has 6 heteroatoms. The van der Waals surface area contributed by atoms with Crippen molar-refractivity contribution in [3.8, 4) is 22.3 Å². The average Bonchev–Trinajstić information content (AvgIpc) is 1.42. The Bertz CT molecular complexity index is 4580. The molecule has 412 valence electrons. The van der Waals surface area contributed by atoms with Gasteiger partial charge in [-0.05, 0) is 179 Å². The lowest BCUT2D eigenvalue weighted by molar-refractivity contribution is 0.438. The molecule has 0 unspecified atom stereocenters. The van der Waals surface area contributed by atoms with Gasteiger partial charge in [-0.1, -0.05) is 192 Å². The van der Waals surface area contributed by atoms with Gasteiger partial charge >= 0.3 is 0 Å². The van der Waals surface area contributed by atoms with E-state index in [1.807, 2.05) is 17.5 Å². The molecular formula is C78H70BN3OS. The number of furan rings is 1. The molecule has 8 aromatic carbocycles. The smallest absolute Gasteiger partial charge is 0.264 e. The summed E-state index contributed by atoms with van der Waals surface area (Å²) in [7, 11) is 0. The topological polar surface area (TPSA) is 32.5 Å². The van der Waals surface area contributed by atoms with Crippen molar-refractivity contribution in [1.82, 2.24) is 4.98 Å². The molecule has 16 rings (SSSR count). The predicted octanol–water partition coefficient (Wildman–Crippen LogP) is 18.5. The second kappa shape index (κ2) is 17.0. The second-order valence-corrected chi connectivity index (χ2v) is 29.8. The van der Waals surface area contributed by atoms with Crippen LogP contribution in [0.25, 0.3) is 32.3 Å². The molecule has 4 nitrogen and oxygen atoms in total.